The molecule has 1 aliphatic heterocycles. The average molecular weight is 341 g/mol. The lowest BCUT2D eigenvalue weighted by molar-refractivity contribution is -0.0284. The molecule has 0 spiro atoms. The lowest BCUT2D eigenvalue weighted by atomic mass is 10.1. The number of amides is 1. The Morgan fingerprint density at radius 2 is 1.43 bits per heavy atom. The summed E-state index contributed by atoms with van der Waals surface area (Å²) in [5.41, 5.74) is -1.31. The third-order valence-corrected chi connectivity index (χ3v) is 2.79. The summed E-state index contributed by atoms with van der Waals surface area (Å²) >= 11 is 0. The fourth-order valence-corrected chi connectivity index (χ4v) is 1.63. The Kier molecular flexibility index (Phi) is 4.30. The predicted molar refractivity (Wildman–Crippen MR) is 61.1 cm³/mol. The van der Waals surface area contributed by atoms with Crippen molar-refractivity contribution in [1.82, 2.24) is 5.32 Å². The van der Waals surface area contributed by atoms with Crippen LogP contribution in [-0.2, 0) is 9.47 Å². The summed E-state index contributed by atoms with van der Waals surface area (Å²) in [5, 5.41) is 2.04. The zero-order chi connectivity index (χ0) is 17.4. The molecule has 23 heavy (non-hydrogen) atoms. The van der Waals surface area contributed by atoms with Gasteiger partial charge in [0.2, 0.25) is 34.8 Å². The van der Waals surface area contributed by atoms with Crippen molar-refractivity contribution in [2.75, 3.05) is 13.2 Å². The van der Waals surface area contributed by atoms with E-state index in [2.05, 4.69) is 14.2 Å². The average Bonchev–Trinajstić information content (AvgIpc) is 2.51. The van der Waals surface area contributed by atoms with Crippen molar-refractivity contribution in [3.8, 4) is 5.75 Å². The normalized spacial score (nSPS) is 16.3. The van der Waals surface area contributed by atoms with E-state index in [1.54, 1.807) is 0 Å². The molecule has 1 N–H and O–H groups in total. The first-order valence-corrected chi connectivity index (χ1v) is 5.95. The zero-order valence-corrected chi connectivity index (χ0v) is 11.3. The maximum Gasteiger partial charge on any atom is 0.508 e. The first-order chi connectivity index (χ1) is 10.6. The minimum Gasteiger partial charge on any atom is -0.432 e. The Hall–Kier alpha value is -2.59. The maximum absolute atomic E-state index is 13.4. The minimum absolute atomic E-state index is 0.349. The van der Waals surface area contributed by atoms with Crippen molar-refractivity contribution in [2.24, 2.45) is 0 Å². The van der Waals surface area contributed by atoms with E-state index in [4.69, 9.17) is 0 Å². The number of ether oxygens (including phenoxy) is 3. The van der Waals surface area contributed by atoms with Gasteiger partial charge in [0.05, 0.1) is 0 Å². The van der Waals surface area contributed by atoms with Gasteiger partial charge in [-0.3, -0.25) is 0 Å². The van der Waals surface area contributed by atoms with Crippen LogP contribution in [0.15, 0.2) is 0 Å². The Balaban J connectivity index is 2.17. The van der Waals surface area contributed by atoms with Gasteiger partial charge in [0.25, 0.3) is 0 Å². The van der Waals surface area contributed by atoms with Crippen LogP contribution in [0.1, 0.15) is 6.92 Å². The first-order valence-electron chi connectivity index (χ1n) is 5.95. The number of benzene rings is 1. The SMILES string of the molecule is CC1(NC(=O)Oc2c(F)c(F)c(F)c(F)c2F)COC(=O)OC1. The number of halogens is 5. The maximum atomic E-state index is 13.4. The number of carbonyl (C=O) groups is 2. The number of cyclic esters (lactones) is 2. The number of hydrogen-bond donors (Lipinski definition) is 1. The molecule has 0 bridgehead atoms. The number of hydrogen-bond acceptors (Lipinski definition) is 5. The van der Waals surface area contributed by atoms with Crippen LogP contribution in [0.25, 0.3) is 0 Å². The molecule has 0 radical (unpaired) electrons. The van der Waals surface area contributed by atoms with Crippen LogP contribution in [0.5, 0.6) is 5.75 Å². The van der Waals surface area contributed by atoms with Gasteiger partial charge in [-0.1, -0.05) is 0 Å². The molecule has 1 aromatic rings. The van der Waals surface area contributed by atoms with Crippen LogP contribution in [0.4, 0.5) is 31.5 Å². The van der Waals surface area contributed by atoms with Crippen LogP contribution in [0, 0.1) is 29.1 Å². The topological polar surface area (TPSA) is 73.9 Å². The molecule has 11 heteroatoms. The highest BCUT2D eigenvalue weighted by Gasteiger charge is 2.36. The molecule has 1 aliphatic rings. The van der Waals surface area contributed by atoms with Gasteiger partial charge in [0.1, 0.15) is 18.8 Å². The van der Waals surface area contributed by atoms with Crippen LogP contribution in [-0.4, -0.2) is 31.0 Å². The van der Waals surface area contributed by atoms with E-state index in [0.717, 1.165) is 0 Å². The van der Waals surface area contributed by atoms with Gasteiger partial charge >= 0.3 is 12.2 Å². The molecular weight excluding hydrogens is 333 g/mol. The van der Waals surface area contributed by atoms with Crippen LogP contribution >= 0.6 is 0 Å². The molecule has 0 unspecified atom stereocenters. The van der Waals surface area contributed by atoms with Crippen molar-refractivity contribution < 1.29 is 45.8 Å². The number of rotatable bonds is 2. The molecule has 2 rings (SSSR count). The standard InChI is InChI=1S/C12H8F5NO5/c1-12(2-21-11(20)22-3-12)18-10(19)23-9-7(16)5(14)4(13)6(15)8(9)17/h2-3H2,1H3,(H,18,19). The van der Waals surface area contributed by atoms with Gasteiger partial charge in [0, 0.05) is 0 Å². The lowest BCUT2D eigenvalue weighted by Gasteiger charge is -2.32. The van der Waals surface area contributed by atoms with E-state index in [-0.39, 0.29) is 13.2 Å². The molecule has 1 heterocycles. The van der Waals surface area contributed by atoms with Crippen LogP contribution in [0.3, 0.4) is 0 Å². The van der Waals surface area contributed by atoms with E-state index in [1.807, 2.05) is 5.32 Å². The highest BCUT2D eigenvalue weighted by molar-refractivity contribution is 5.72. The molecule has 1 amide bonds. The highest BCUT2D eigenvalue weighted by Crippen LogP contribution is 2.29. The van der Waals surface area contributed by atoms with Crippen molar-refractivity contribution in [1.29, 1.82) is 0 Å². The van der Waals surface area contributed by atoms with Gasteiger partial charge in [-0.15, -0.1) is 0 Å². The predicted octanol–water partition coefficient (Wildman–Crippen LogP) is 2.40. The third-order valence-electron chi connectivity index (χ3n) is 2.79. The summed E-state index contributed by atoms with van der Waals surface area (Å²) < 4.78 is 78.7. The number of carbonyl (C=O) groups excluding carboxylic acids is 2. The Morgan fingerprint density at radius 1 is 1.00 bits per heavy atom. The first kappa shape index (κ1) is 16.8. The minimum atomic E-state index is -2.38. The second-order valence-electron chi connectivity index (χ2n) is 4.80. The summed E-state index contributed by atoms with van der Waals surface area (Å²) in [6, 6.07) is 0. The van der Waals surface area contributed by atoms with E-state index in [0.29, 0.717) is 0 Å². The quantitative estimate of drug-likeness (QED) is 0.387. The zero-order valence-electron chi connectivity index (χ0n) is 11.3. The fourth-order valence-electron chi connectivity index (χ4n) is 1.63. The molecule has 6 nitrogen and oxygen atoms in total. The highest BCUT2D eigenvalue weighted by atomic mass is 19.2. The summed E-state index contributed by atoms with van der Waals surface area (Å²) in [7, 11) is 0. The monoisotopic (exact) mass is 341 g/mol. The molecule has 1 aromatic carbocycles. The summed E-state index contributed by atoms with van der Waals surface area (Å²) in [5.74, 6) is -13.2. The van der Waals surface area contributed by atoms with Gasteiger partial charge in [-0.25, -0.2) is 22.8 Å². The van der Waals surface area contributed by atoms with Crippen molar-refractivity contribution in [3.05, 3.63) is 29.1 Å². The molecule has 0 aromatic heterocycles. The van der Waals surface area contributed by atoms with Crippen LogP contribution < -0.4 is 10.1 Å². The largest absolute Gasteiger partial charge is 0.508 e. The number of nitrogens with one attached hydrogen (secondary N) is 1. The lowest BCUT2D eigenvalue weighted by Crippen LogP contribution is -2.56. The van der Waals surface area contributed by atoms with Gasteiger partial charge in [-0.2, -0.15) is 8.78 Å². The summed E-state index contributed by atoms with van der Waals surface area (Å²) in [6.45, 7) is 0.634. The molecule has 1 fully saturated rings. The second kappa shape index (κ2) is 5.89. The van der Waals surface area contributed by atoms with E-state index < -0.39 is 52.6 Å². The molecule has 0 aliphatic carbocycles. The molecule has 1 saturated heterocycles. The van der Waals surface area contributed by atoms with Gasteiger partial charge < -0.3 is 19.5 Å². The van der Waals surface area contributed by atoms with Crippen molar-refractivity contribution in [2.45, 2.75) is 12.5 Å². The second-order valence-corrected chi connectivity index (χ2v) is 4.80. The fraction of sp³-hybridized carbons (Fsp3) is 0.333. The van der Waals surface area contributed by atoms with Gasteiger partial charge in [-0.05, 0) is 6.92 Å². The van der Waals surface area contributed by atoms with Crippen LogP contribution in [0.2, 0.25) is 0 Å². The summed E-state index contributed by atoms with van der Waals surface area (Å²) in [4.78, 5) is 22.3. The Labute approximate surface area is 125 Å². The van der Waals surface area contributed by atoms with E-state index in [1.165, 1.54) is 6.92 Å². The molecular formula is C12H8F5NO5. The molecule has 126 valence electrons. The van der Waals surface area contributed by atoms with Crippen molar-refractivity contribution >= 4 is 12.2 Å². The molecule has 0 saturated carbocycles. The van der Waals surface area contributed by atoms with E-state index in [9.17, 15) is 31.5 Å². The Bertz CT molecular complexity index is 641. The van der Waals surface area contributed by atoms with E-state index >= 15 is 0 Å². The van der Waals surface area contributed by atoms with Crippen molar-refractivity contribution in [3.63, 3.8) is 0 Å². The molecule has 0 atom stereocenters. The Morgan fingerprint density at radius 3 is 1.91 bits per heavy atom. The third kappa shape index (κ3) is 3.27. The smallest absolute Gasteiger partial charge is 0.432 e. The summed E-state index contributed by atoms with van der Waals surface area (Å²) in [6.07, 6.45) is -2.52. The van der Waals surface area contributed by atoms with Gasteiger partial charge in [0.15, 0.2) is 0 Å².